The first-order chi connectivity index (χ1) is 16.4. The van der Waals surface area contributed by atoms with Crippen molar-refractivity contribution < 1.29 is 0 Å². The normalized spacial score (nSPS) is 12.2. The lowest BCUT2D eigenvalue weighted by Gasteiger charge is -2.10. The largest absolute Gasteiger partial charge is 0.309 e. The minimum absolute atomic E-state index is 1.22. The number of thiophene rings is 2. The maximum atomic E-state index is 2.48. The topological polar surface area (TPSA) is 4.93 Å². The van der Waals surface area contributed by atoms with Gasteiger partial charge in [-0.3, -0.25) is 0 Å². The van der Waals surface area contributed by atoms with Crippen molar-refractivity contribution in [3.05, 3.63) is 103 Å². The highest BCUT2D eigenvalue weighted by Crippen LogP contribution is 2.48. The number of fused-ring (bicyclic) bond motifs is 10. The highest BCUT2D eigenvalue weighted by atomic mass is 32.1. The summed E-state index contributed by atoms with van der Waals surface area (Å²) in [5.74, 6) is 0. The van der Waals surface area contributed by atoms with Crippen molar-refractivity contribution >= 4 is 84.8 Å². The number of hydrogen-bond acceptors (Lipinski definition) is 2. The third kappa shape index (κ3) is 2.36. The van der Waals surface area contributed by atoms with Crippen LogP contribution in [0.5, 0.6) is 0 Å². The zero-order valence-corrected chi connectivity index (χ0v) is 19.2. The first-order valence-corrected chi connectivity index (χ1v) is 12.8. The van der Waals surface area contributed by atoms with E-state index < -0.39 is 0 Å². The second-order valence-corrected chi connectivity index (χ2v) is 10.7. The molecular weight excluding hydrogens is 438 g/mol. The average molecular weight is 456 g/mol. The van der Waals surface area contributed by atoms with Crippen molar-refractivity contribution in [2.24, 2.45) is 0 Å². The summed E-state index contributed by atoms with van der Waals surface area (Å²) in [6.07, 6.45) is 0. The molecule has 0 spiro atoms. The molecule has 0 saturated carbocycles. The van der Waals surface area contributed by atoms with E-state index in [2.05, 4.69) is 108 Å². The maximum absolute atomic E-state index is 2.48. The molecular formula is C30H17NS2. The molecule has 0 aliphatic carbocycles. The van der Waals surface area contributed by atoms with Crippen LogP contribution in [0.4, 0.5) is 0 Å². The number of rotatable bonds is 1. The van der Waals surface area contributed by atoms with E-state index in [0.717, 1.165) is 0 Å². The summed E-state index contributed by atoms with van der Waals surface area (Å²) in [7, 11) is 0. The highest BCUT2D eigenvalue weighted by Gasteiger charge is 2.20. The summed E-state index contributed by atoms with van der Waals surface area (Å²) in [6.45, 7) is 0. The van der Waals surface area contributed by atoms with Crippen LogP contribution in [-0.4, -0.2) is 4.57 Å². The smallest absolute Gasteiger partial charge is 0.0642 e. The van der Waals surface area contributed by atoms with Crippen molar-refractivity contribution in [1.82, 2.24) is 4.57 Å². The lowest BCUT2D eigenvalue weighted by atomic mass is 10.1. The Morgan fingerprint density at radius 2 is 1.27 bits per heavy atom. The maximum Gasteiger partial charge on any atom is 0.0642 e. The molecule has 1 nitrogen and oxygen atoms in total. The minimum atomic E-state index is 1.22. The predicted octanol–water partition coefficient (Wildman–Crippen LogP) is 9.52. The number of aromatic nitrogens is 1. The fourth-order valence-electron chi connectivity index (χ4n) is 5.33. The Morgan fingerprint density at radius 3 is 2.21 bits per heavy atom. The zero-order valence-electron chi connectivity index (χ0n) is 17.6. The average Bonchev–Trinajstić information content (AvgIpc) is 3.51. The van der Waals surface area contributed by atoms with Crippen LogP contribution in [0.3, 0.4) is 0 Å². The molecule has 0 aliphatic rings. The van der Waals surface area contributed by atoms with E-state index in [0.29, 0.717) is 0 Å². The molecule has 5 aromatic carbocycles. The summed E-state index contributed by atoms with van der Waals surface area (Å²) in [6, 6.07) is 37.7. The van der Waals surface area contributed by atoms with Crippen LogP contribution in [0.15, 0.2) is 103 Å². The summed E-state index contributed by atoms with van der Waals surface area (Å²) >= 11 is 3.85. The molecule has 0 radical (unpaired) electrons. The quantitative estimate of drug-likeness (QED) is 0.232. The first kappa shape index (κ1) is 17.8. The molecule has 8 rings (SSSR count). The van der Waals surface area contributed by atoms with Gasteiger partial charge in [0.05, 0.1) is 20.4 Å². The first-order valence-electron chi connectivity index (χ1n) is 11.1. The van der Waals surface area contributed by atoms with Gasteiger partial charge in [-0.05, 0) is 41.1 Å². The Morgan fingerprint density at radius 1 is 0.515 bits per heavy atom. The fourth-order valence-corrected chi connectivity index (χ4v) is 8.00. The Kier molecular flexibility index (Phi) is 3.48. The van der Waals surface area contributed by atoms with Gasteiger partial charge in [0.2, 0.25) is 0 Å². The highest BCUT2D eigenvalue weighted by molar-refractivity contribution is 7.36. The van der Waals surface area contributed by atoms with Crippen molar-refractivity contribution in [1.29, 1.82) is 0 Å². The Balaban J connectivity index is 1.62. The van der Waals surface area contributed by atoms with E-state index in [9.17, 15) is 0 Å². The zero-order chi connectivity index (χ0) is 21.5. The molecule has 3 heteroatoms. The molecule has 3 aromatic heterocycles. The lowest BCUT2D eigenvalue weighted by Crippen LogP contribution is -1.94. The van der Waals surface area contributed by atoms with Crippen molar-refractivity contribution in [3.8, 4) is 5.69 Å². The molecule has 3 heterocycles. The minimum Gasteiger partial charge on any atom is -0.309 e. The monoisotopic (exact) mass is 455 g/mol. The van der Waals surface area contributed by atoms with Crippen molar-refractivity contribution in [2.75, 3.05) is 0 Å². The van der Waals surface area contributed by atoms with E-state index in [1.165, 1.54) is 67.8 Å². The van der Waals surface area contributed by atoms with Crippen LogP contribution in [0.1, 0.15) is 0 Å². The van der Waals surface area contributed by atoms with Crippen LogP contribution >= 0.6 is 22.7 Å². The fraction of sp³-hybridized carbons (Fsp3) is 0. The predicted molar refractivity (Wildman–Crippen MR) is 147 cm³/mol. The van der Waals surface area contributed by atoms with Crippen LogP contribution in [0, 0.1) is 0 Å². The lowest BCUT2D eigenvalue weighted by molar-refractivity contribution is 1.19. The van der Waals surface area contributed by atoms with Crippen molar-refractivity contribution in [2.45, 2.75) is 0 Å². The van der Waals surface area contributed by atoms with Gasteiger partial charge in [0, 0.05) is 36.6 Å². The Labute approximate surface area is 197 Å². The Bertz CT molecular complexity index is 2030. The van der Waals surface area contributed by atoms with Gasteiger partial charge in [-0.1, -0.05) is 72.8 Å². The number of para-hydroxylation sites is 1. The van der Waals surface area contributed by atoms with Crippen LogP contribution in [-0.2, 0) is 0 Å². The van der Waals surface area contributed by atoms with E-state index >= 15 is 0 Å². The standard InChI is InChI=1S/C30H17NS2/c1-2-8-19-17-20(14-13-18(19)7-1)31-24-11-5-3-9-21(24)22-15-16-26-27(28(22)31)30-29(33-26)23-10-4-6-12-25(23)32-30/h1-17H. The number of benzene rings is 5. The molecule has 154 valence electrons. The molecule has 0 N–H and O–H groups in total. The molecule has 0 atom stereocenters. The molecule has 0 unspecified atom stereocenters. The second-order valence-electron chi connectivity index (χ2n) is 8.58. The van der Waals surface area contributed by atoms with Gasteiger partial charge in [0.1, 0.15) is 0 Å². The second kappa shape index (κ2) is 6.44. The molecule has 0 aliphatic heterocycles. The van der Waals surface area contributed by atoms with E-state index in [1.54, 1.807) is 0 Å². The van der Waals surface area contributed by atoms with Gasteiger partial charge < -0.3 is 4.57 Å². The van der Waals surface area contributed by atoms with Crippen molar-refractivity contribution in [3.63, 3.8) is 0 Å². The summed E-state index contributed by atoms with van der Waals surface area (Å²) in [5, 5.41) is 7.93. The van der Waals surface area contributed by atoms with Gasteiger partial charge in [0.25, 0.3) is 0 Å². The molecule has 33 heavy (non-hydrogen) atoms. The van der Waals surface area contributed by atoms with E-state index in [-0.39, 0.29) is 0 Å². The van der Waals surface area contributed by atoms with Crippen LogP contribution in [0.2, 0.25) is 0 Å². The van der Waals surface area contributed by atoms with Crippen LogP contribution < -0.4 is 0 Å². The van der Waals surface area contributed by atoms with E-state index in [4.69, 9.17) is 0 Å². The summed E-state index contributed by atoms with van der Waals surface area (Å²) in [4.78, 5) is 0. The molecule has 0 fully saturated rings. The summed E-state index contributed by atoms with van der Waals surface area (Å²) < 4.78 is 8.03. The van der Waals surface area contributed by atoms with Gasteiger partial charge in [-0.25, -0.2) is 0 Å². The third-order valence-corrected chi connectivity index (χ3v) is 9.28. The third-order valence-electron chi connectivity index (χ3n) is 6.78. The number of hydrogen-bond donors (Lipinski definition) is 0. The SMILES string of the molecule is c1ccc2cc(-n3c4ccccc4c4ccc5sc6c7ccccc7sc6c5c43)ccc2c1. The number of nitrogens with zero attached hydrogens (tertiary/aromatic N) is 1. The molecule has 0 saturated heterocycles. The van der Waals surface area contributed by atoms with Gasteiger partial charge >= 0.3 is 0 Å². The Hall–Kier alpha value is -3.66. The molecule has 8 aromatic rings. The van der Waals surface area contributed by atoms with Gasteiger partial charge in [-0.15, -0.1) is 22.7 Å². The summed E-state index contributed by atoms with van der Waals surface area (Å²) in [5.41, 5.74) is 3.80. The molecule has 0 amide bonds. The van der Waals surface area contributed by atoms with Gasteiger partial charge in [-0.2, -0.15) is 0 Å². The van der Waals surface area contributed by atoms with E-state index in [1.807, 2.05) is 22.7 Å². The van der Waals surface area contributed by atoms with Gasteiger partial charge in [0.15, 0.2) is 0 Å². The molecule has 0 bridgehead atoms. The van der Waals surface area contributed by atoms with Crippen LogP contribution in [0.25, 0.3) is 67.8 Å².